The van der Waals surface area contributed by atoms with Gasteiger partial charge in [-0.05, 0) is 70.6 Å². The molecule has 0 saturated carbocycles. The molecule has 1 atom stereocenters. The van der Waals surface area contributed by atoms with E-state index < -0.39 is 6.10 Å². The first kappa shape index (κ1) is 69.6. The van der Waals surface area contributed by atoms with Crippen LogP contribution in [0.25, 0.3) is 0 Å². The summed E-state index contributed by atoms with van der Waals surface area (Å²) in [6.07, 6.45) is 74.4. The number of unbranched alkanes of at least 4 members (excludes halogenated alkanes) is 42. The number of esters is 3. The van der Waals surface area contributed by atoms with Crippen LogP contribution >= 0.6 is 0 Å². The van der Waals surface area contributed by atoms with Crippen molar-refractivity contribution in [3.8, 4) is 0 Å². The van der Waals surface area contributed by atoms with Gasteiger partial charge in [-0.1, -0.05) is 295 Å². The highest BCUT2D eigenvalue weighted by Gasteiger charge is 2.19. The highest BCUT2D eigenvalue weighted by atomic mass is 16.6. The first-order valence-corrected chi connectivity index (χ1v) is 32.0. The first-order valence-electron chi connectivity index (χ1n) is 32.0. The van der Waals surface area contributed by atoms with Crippen LogP contribution in [-0.4, -0.2) is 37.2 Å². The number of ether oxygens (including phenoxy) is 3. The Balaban J connectivity index is 4.24. The van der Waals surface area contributed by atoms with Crippen molar-refractivity contribution in [1.82, 2.24) is 0 Å². The average molecular weight is 1010 g/mol. The highest BCUT2D eigenvalue weighted by molar-refractivity contribution is 5.71. The van der Waals surface area contributed by atoms with Crippen molar-refractivity contribution >= 4 is 17.9 Å². The quantitative estimate of drug-likeness (QED) is 0.0261. The van der Waals surface area contributed by atoms with Crippen molar-refractivity contribution in [2.75, 3.05) is 13.2 Å². The topological polar surface area (TPSA) is 78.9 Å². The summed E-state index contributed by atoms with van der Waals surface area (Å²) in [6, 6.07) is 0. The summed E-state index contributed by atoms with van der Waals surface area (Å²) in [5.74, 6) is -0.864. The van der Waals surface area contributed by atoms with Crippen molar-refractivity contribution in [3.05, 3.63) is 36.5 Å². The zero-order chi connectivity index (χ0) is 52.2. The fourth-order valence-electron chi connectivity index (χ4n) is 9.52. The summed E-state index contributed by atoms with van der Waals surface area (Å²) < 4.78 is 16.9. The minimum absolute atomic E-state index is 0.0723. The van der Waals surface area contributed by atoms with E-state index in [1.807, 2.05) is 0 Å². The monoisotopic (exact) mass is 1010 g/mol. The molecule has 0 spiro atoms. The molecule has 0 aliphatic rings. The molecular formula is C66H122O6. The van der Waals surface area contributed by atoms with Crippen LogP contribution in [0.3, 0.4) is 0 Å². The third-order valence-corrected chi connectivity index (χ3v) is 14.4. The Morgan fingerprint density at radius 3 is 0.819 bits per heavy atom. The predicted molar refractivity (Wildman–Crippen MR) is 312 cm³/mol. The van der Waals surface area contributed by atoms with Gasteiger partial charge in [0.15, 0.2) is 6.10 Å². The molecular weight excluding hydrogens is 889 g/mol. The van der Waals surface area contributed by atoms with E-state index in [-0.39, 0.29) is 31.1 Å². The number of hydrogen-bond acceptors (Lipinski definition) is 6. The molecule has 0 aromatic heterocycles. The van der Waals surface area contributed by atoms with Gasteiger partial charge in [0.25, 0.3) is 0 Å². The summed E-state index contributed by atoms with van der Waals surface area (Å²) >= 11 is 0. The molecule has 6 heteroatoms. The molecule has 422 valence electrons. The Labute approximate surface area is 448 Å². The normalized spacial score (nSPS) is 12.2. The van der Waals surface area contributed by atoms with Gasteiger partial charge >= 0.3 is 17.9 Å². The van der Waals surface area contributed by atoms with Gasteiger partial charge < -0.3 is 14.2 Å². The van der Waals surface area contributed by atoms with Crippen LogP contribution in [-0.2, 0) is 28.6 Å². The minimum Gasteiger partial charge on any atom is -0.462 e. The van der Waals surface area contributed by atoms with Gasteiger partial charge in [-0.25, -0.2) is 0 Å². The smallest absolute Gasteiger partial charge is 0.306 e. The van der Waals surface area contributed by atoms with E-state index in [2.05, 4.69) is 57.2 Å². The SMILES string of the molecule is CCCC/C=C\C/C=C\CCCCCCCC(=O)OCC(COC(=O)CCCCCCCCCCCCCCC/C=C\CCCCCCCCCC)OC(=O)CCCCCCCCCCCCCCCCC. The number of allylic oxidation sites excluding steroid dienone is 6. The maximum atomic E-state index is 12.9. The Kier molecular flexibility index (Phi) is 59.2. The summed E-state index contributed by atoms with van der Waals surface area (Å²) in [4.78, 5) is 38.2. The van der Waals surface area contributed by atoms with Crippen molar-refractivity contribution in [3.63, 3.8) is 0 Å². The Morgan fingerprint density at radius 2 is 0.514 bits per heavy atom. The highest BCUT2D eigenvalue weighted by Crippen LogP contribution is 2.17. The van der Waals surface area contributed by atoms with E-state index in [1.165, 1.54) is 231 Å². The van der Waals surface area contributed by atoms with Crippen LogP contribution in [0.4, 0.5) is 0 Å². The standard InChI is InChI=1S/C66H122O6/c1-4-7-10-13-16-19-22-25-28-29-30-31-32-33-34-35-36-37-39-41-44-47-50-53-56-59-65(68)71-62-63(61-70-64(67)58-55-52-49-46-43-40-27-24-21-18-15-12-9-6-3)72-66(69)60-57-54-51-48-45-42-38-26-23-20-17-14-11-8-5-2/h15,18,24,27,29-30,63H,4-14,16-17,19-23,25-26,28,31-62H2,1-3H3/b18-15-,27-24-,30-29-. The zero-order valence-electron chi connectivity index (χ0n) is 48.5. The van der Waals surface area contributed by atoms with Gasteiger partial charge in [0.1, 0.15) is 13.2 Å². The van der Waals surface area contributed by atoms with Crippen LogP contribution in [0, 0.1) is 0 Å². The van der Waals surface area contributed by atoms with Gasteiger partial charge in [0, 0.05) is 19.3 Å². The lowest BCUT2D eigenvalue weighted by molar-refractivity contribution is -0.167. The van der Waals surface area contributed by atoms with Crippen molar-refractivity contribution in [2.45, 2.75) is 354 Å². The maximum absolute atomic E-state index is 12.9. The summed E-state index contributed by atoms with van der Waals surface area (Å²) in [5, 5.41) is 0. The molecule has 0 fully saturated rings. The largest absolute Gasteiger partial charge is 0.462 e. The minimum atomic E-state index is -0.775. The first-order chi connectivity index (χ1) is 35.5. The molecule has 0 bridgehead atoms. The molecule has 0 heterocycles. The molecule has 0 rings (SSSR count). The van der Waals surface area contributed by atoms with Crippen LogP contribution in [0.2, 0.25) is 0 Å². The molecule has 0 aromatic carbocycles. The number of rotatable bonds is 59. The number of hydrogen-bond donors (Lipinski definition) is 0. The lowest BCUT2D eigenvalue weighted by Gasteiger charge is -2.18. The zero-order valence-corrected chi connectivity index (χ0v) is 48.5. The summed E-state index contributed by atoms with van der Waals surface area (Å²) in [5.41, 5.74) is 0. The molecule has 0 amide bonds. The van der Waals surface area contributed by atoms with Gasteiger partial charge in [-0.3, -0.25) is 14.4 Å². The Bertz CT molecular complexity index is 1210. The molecule has 0 radical (unpaired) electrons. The molecule has 0 N–H and O–H groups in total. The van der Waals surface area contributed by atoms with Crippen LogP contribution in [0.5, 0.6) is 0 Å². The lowest BCUT2D eigenvalue weighted by atomic mass is 10.0. The molecule has 72 heavy (non-hydrogen) atoms. The van der Waals surface area contributed by atoms with Gasteiger partial charge in [-0.15, -0.1) is 0 Å². The van der Waals surface area contributed by atoms with E-state index >= 15 is 0 Å². The van der Waals surface area contributed by atoms with Gasteiger partial charge in [0.05, 0.1) is 0 Å². The molecule has 0 aliphatic carbocycles. The number of carbonyl (C=O) groups is 3. The van der Waals surface area contributed by atoms with Crippen LogP contribution in [0.1, 0.15) is 348 Å². The number of carbonyl (C=O) groups excluding carboxylic acids is 3. The Hall–Kier alpha value is -2.37. The summed E-state index contributed by atoms with van der Waals surface area (Å²) in [7, 11) is 0. The molecule has 1 unspecified atom stereocenters. The average Bonchev–Trinajstić information content (AvgIpc) is 3.38. The molecule has 0 aromatic rings. The maximum Gasteiger partial charge on any atom is 0.306 e. The second kappa shape index (κ2) is 61.2. The van der Waals surface area contributed by atoms with E-state index in [0.29, 0.717) is 19.3 Å². The fourth-order valence-corrected chi connectivity index (χ4v) is 9.52. The van der Waals surface area contributed by atoms with Crippen molar-refractivity contribution in [2.24, 2.45) is 0 Å². The van der Waals surface area contributed by atoms with Crippen molar-refractivity contribution < 1.29 is 28.6 Å². The van der Waals surface area contributed by atoms with Gasteiger partial charge in [-0.2, -0.15) is 0 Å². The second-order valence-electron chi connectivity index (χ2n) is 21.7. The van der Waals surface area contributed by atoms with E-state index in [0.717, 1.165) is 77.0 Å². The fraction of sp³-hybridized carbons (Fsp3) is 0.864. The molecule has 0 aliphatic heterocycles. The lowest BCUT2D eigenvalue weighted by Crippen LogP contribution is -2.30. The second-order valence-corrected chi connectivity index (χ2v) is 21.7. The van der Waals surface area contributed by atoms with Crippen LogP contribution in [0.15, 0.2) is 36.5 Å². The third kappa shape index (κ3) is 58.5. The predicted octanol–water partition coefficient (Wildman–Crippen LogP) is 21.6. The van der Waals surface area contributed by atoms with Crippen molar-refractivity contribution in [1.29, 1.82) is 0 Å². The van der Waals surface area contributed by atoms with E-state index in [9.17, 15) is 14.4 Å². The van der Waals surface area contributed by atoms with E-state index in [4.69, 9.17) is 14.2 Å². The van der Waals surface area contributed by atoms with E-state index in [1.54, 1.807) is 0 Å². The molecule has 6 nitrogen and oxygen atoms in total. The third-order valence-electron chi connectivity index (χ3n) is 14.4. The van der Waals surface area contributed by atoms with Gasteiger partial charge in [0.2, 0.25) is 0 Å². The summed E-state index contributed by atoms with van der Waals surface area (Å²) in [6.45, 7) is 6.64. The van der Waals surface area contributed by atoms with Crippen LogP contribution < -0.4 is 0 Å². The Morgan fingerprint density at radius 1 is 0.278 bits per heavy atom. The molecule has 0 saturated heterocycles.